The van der Waals surface area contributed by atoms with Gasteiger partial charge in [-0.3, -0.25) is 15.0 Å². The van der Waals surface area contributed by atoms with Crippen molar-refractivity contribution in [3.8, 4) is 0 Å². The van der Waals surface area contributed by atoms with Gasteiger partial charge in [-0.25, -0.2) is 13.6 Å². The molecule has 5 fully saturated rings. The molecule has 0 spiro atoms. The third-order valence-electron chi connectivity index (χ3n) is 12.1. The number of hydrogen-bond acceptors (Lipinski definition) is 6. The number of amides is 3. The number of halogens is 2. The van der Waals surface area contributed by atoms with E-state index in [0.29, 0.717) is 37.8 Å². The molecule has 0 radical (unpaired) electrons. The molecule has 6 bridgehead atoms. The predicted octanol–water partition coefficient (Wildman–Crippen LogP) is 3.54. The highest BCUT2D eigenvalue weighted by Crippen LogP contribution is 2.42. The van der Waals surface area contributed by atoms with E-state index in [1.54, 1.807) is 0 Å². The van der Waals surface area contributed by atoms with Crippen LogP contribution in [-0.4, -0.2) is 114 Å². The van der Waals surface area contributed by atoms with Gasteiger partial charge in [-0.15, -0.1) is 0 Å². The van der Waals surface area contributed by atoms with Crippen LogP contribution in [0.25, 0.3) is 0 Å². The van der Waals surface area contributed by atoms with E-state index in [2.05, 4.69) is 65.7 Å². The fourth-order valence-corrected chi connectivity index (χ4v) is 9.72. The van der Waals surface area contributed by atoms with Gasteiger partial charge >= 0.3 is 6.03 Å². The lowest BCUT2D eigenvalue weighted by molar-refractivity contribution is -0.136. The lowest BCUT2D eigenvalue weighted by Gasteiger charge is -2.60. The Hall–Kier alpha value is -2.08. The van der Waals surface area contributed by atoms with E-state index in [4.69, 9.17) is 0 Å². The molecule has 0 aromatic carbocycles. The van der Waals surface area contributed by atoms with Crippen LogP contribution in [0, 0.1) is 23.7 Å². The van der Waals surface area contributed by atoms with Crippen molar-refractivity contribution in [2.45, 2.75) is 134 Å². The second-order valence-electron chi connectivity index (χ2n) is 15.4. The minimum atomic E-state index is -1.24. The molecule has 3 amide bonds. The first-order valence-electron chi connectivity index (χ1n) is 18.0. The van der Waals surface area contributed by atoms with Crippen molar-refractivity contribution in [3.05, 3.63) is 24.8 Å². The van der Waals surface area contributed by atoms with Crippen molar-refractivity contribution in [2.24, 2.45) is 23.7 Å². The first-order valence-corrected chi connectivity index (χ1v) is 18.0. The van der Waals surface area contributed by atoms with Crippen LogP contribution >= 0.6 is 0 Å². The van der Waals surface area contributed by atoms with E-state index in [-0.39, 0.29) is 54.5 Å². The Labute approximate surface area is 274 Å². The highest BCUT2D eigenvalue weighted by molar-refractivity contribution is 5.87. The summed E-state index contributed by atoms with van der Waals surface area (Å²) in [6, 6.07) is -0.766. The summed E-state index contributed by atoms with van der Waals surface area (Å²) in [7, 11) is 0. The second-order valence-corrected chi connectivity index (χ2v) is 15.4. The molecule has 258 valence electrons. The lowest BCUT2D eigenvalue weighted by Crippen LogP contribution is -2.79. The molecule has 46 heavy (non-hydrogen) atoms. The Kier molecular flexibility index (Phi) is 10.4. The quantitative estimate of drug-likeness (QED) is 0.278. The highest BCUT2D eigenvalue weighted by atomic mass is 19.1. The van der Waals surface area contributed by atoms with E-state index < -0.39 is 36.6 Å². The van der Waals surface area contributed by atoms with Crippen LogP contribution in [0.15, 0.2) is 24.8 Å². The molecular weight excluding hydrogens is 588 g/mol. The number of allylic oxidation sites excluding steroid dienone is 1. The van der Waals surface area contributed by atoms with Crippen molar-refractivity contribution >= 4 is 11.9 Å². The molecule has 11 heteroatoms. The minimum Gasteiger partial charge on any atom is -0.334 e. The predicted molar refractivity (Wildman–Crippen MR) is 176 cm³/mol. The topological polar surface area (TPSA) is 92.0 Å². The minimum absolute atomic E-state index is 0.0449. The van der Waals surface area contributed by atoms with Crippen molar-refractivity contribution in [3.63, 3.8) is 0 Å². The Balaban J connectivity index is 1.36. The lowest BCUT2D eigenvalue weighted by atomic mass is 9.73. The van der Waals surface area contributed by atoms with Crippen LogP contribution in [0.5, 0.6) is 0 Å². The van der Waals surface area contributed by atoms with Crippen molar-refractivity contribution in [1.29, 1.82) is 0 Å². The van der Waals surface area contributed by atoms with Gasteiger partial charge in [-0.2, -0.15) is 0 Å². The Morgan fingerprint density at radius 2 is 1.78 bits per heavy atom. The van der Waals surface area contributed by atoms with Crippen LogP contribution < -0.4 is 21.3 Å². The largest absolute Gasteiger partial charge is 0.334 e. The number of hydrogen-bond donors (Lipinski definition) is 4. The number of rotatable bonds is 3. The fourth-order valence-electron chi connectivity index (χ4n) is 9.72. The zero-order chi connectivity index (χ0) is 32.7. The van der Waals surface area contributed by atoms with E-state index in [9.17, 15) is 9.59 Å². The molecular formula is C35H57F2N7O2. The van der Waals surface area contributed by atoms with Gasteiger partial charge in [-0.05, 0) is 83.2 Å². The smallest absolute Gasteiger partial charge is 0.320 e. The molecule has 11 unspecified atom stereocenters. The van der Waals surface area contributed by atoms with Crippen LogP contribution in [0.1, 0.15) is 72.6 Å². The molecule has 5 heterocycles. The number of piperazine rings is 1. The number of nitrogens with zero attached hydrogens (tertiary/aromatic N) is 3. The van der Waals surface area contributed by atoms with Gasteiger partial charge in [0.25, 0.3) is 0 Å². The van der Waals surface area contributed by atoms with Crippen molar-refractivity contribution in [2.75, 3.05) is 26.2 Å². The van der Waals surface area contributed by atoms with Crippen LogP contribution in [-0.2, 0) is 4.79 Å². The first-order chi connectivity index (χ1) is 22.1. The maximum Gasteiger partial charge on any atom is 0.320 e. The number of nitrogens with one attached hydrogen (secondary N) is 4. The monoisotopic (exact) mass is 645 g/mol. The summed E-state index contributed by atoms with van der Waals surface area (Å²) < 4.78 is 32.3. The van der Waals surface area contributed by atoms with Crippen LogP contribution in [0.3, 0.4) is 0 Å². The molecule has 4 saturated heterocycles. The summed E-state index contributed by atoms with van der Waals surface area (Å²) in [5.41, 5.74) is 0. The molecule has 9 nitrogen and oxygen atoms in total. The van der Waals surface area contributed by atoms with Gasteiger partial charge in [-0.1, -0.05) is 32.6 Å². The number of alkyl halides is 2. The number of carbonyl (C=O) groups is 2. The zero-order valence-electron chi connectivity index (χ0n) is 28.2. The molecule has 1 aliphatic carbocycles. The average molecular weight is 646 g/mol. The van der Waals surface area contributed by atoms with Gasteiger partial charge in [0.1, 0.15) is 12.3 Å². The molecule has 0 aromatic rings. The van der Waals surface area contributed by atoms with Crippen LogP contribution in [0.2, 0.25) is 0 Å². The van der Waals surface area contributed by atoms with Gasteiger partial charge in [0.2, 0.25) is 5.91 Å². The molecule has 6 aliphatic rings. The van der Waals surface area contributed by atoms with Crippen LogP contribution in [0.4, 0.5) is 13.6 Å². The Morgan fingerprint density at radius 1 is 0.978 bits per heavy atom. The second kappa shape index (κ2) is 14.2. The van der Waals surface area contributed by atoms with E-state index in [1.807, 2.05) is 16.7 Å². The normalized spacial score (nSPS) is 44.1. The summed E-state index contributed by atoms with van der Waals surface area (Å²) in [5.74, 6) is -0.100. The Morgan fingerprint density at radius 3 is 2.54 bits per heavy atom. The third kappa shape index (κ3) is 6.63. The van der Waals surface area contributed by atoms with Gasteiger partial charge in [0.05, 0.1) is 18.4 Å². The molecule has 1 saturated carbocycles. The maximum absolute atomic E-state index is 16.6. The summed E-state index contributed by atoms with van der Waals surface area (Å²) in [4.78, 5) is 33.2. The van der Waals surface area contributed by atoms with E-state index in [0.717, 1.165) is 38.8 Å². The summed E-state index contributed by atoms with van der Waals surface area (Å²) >= 11 is 0. The fraction of sp³-hybridized carbons (Fsp3) is 0.829. The van der Waals surface area contributed by atoms with E-state index in [1.165, 1.54) is 6.08 Å². The molecule has 5 aliphatic heterocycles. The molecule has 6 rings (SSSR count). The highest BCUT2D eigenvalue weighted by Gasteiger charge is 2.56. The van der Waals surface area contributed by atoms with E-state index >= 15 is 8.78 Å². The molecule has 13 atom stereocenters. The van der Waals surface area contributed by atoms with Gasteiger partial charge in [0.15, 0.2) is 0 Å². The molecule has 4 N–H and O–H groups in total. The summed E-state index contributed by atoms with van der Waals surface area (Å²) in [6.45, 7) is 14.9. The van der Waals surface area contributed by atoms with Crippen molar-refractivity contribution < 1.29 is 18.4 Å². The maximum atomic E-state index is 16.6. The molecule has 0 aromatic heterocycles. The SMILES string of the molecule is C=CC(=O)N1C[C@H](C)N(C2NC(=O)N3C4CC(CCC=CCNC5CCC(F)C(C5)C5NC3C2CC5F)CNC4C(C)C)C[C@H]1C. The van der Waals surface area contributed by atoms with Crippen molar-refractivity contribution in [1.82, 2.24) is 36.0 Å². The number of urea groups is 1. The third-order valence-corrected chi connectivity index (χ3v) is 12.1. The standard InChI is InChI=1S/C35H57F2N7O2/c1-6-30(45)42-18-22(5)43(19-21(42)4)33-26-16-28(37)32-25-15-24(11-12-27(25)36)38-13-9-7-8-10-23-14-29(31(20(2)3)39-17-23)44(34(26)40-32)35(46)41-33/h6-7,9,20-29,31-34,38-40H,1,8,10-19H2,2-5H3,(H,41,46)/t21-,22+,23?,24?,25?,26?,27?,28?,29?,31?,32?,33?,34?/m1/s1. The number of carbonyl (C=O) groups excluding carboxylic acids is 2. The van der Waals surface area contributed by atoms with Gasteiger partial charge in [0, 0.05) is 61.7 Å². The summed E-state index contributed by atoms with van der Waals surface area (Å²) in [5, 5.41) is 14.4. The average Bonchev–Trinajstić information content (AvgIpc) is 3.03. The summed E-state index contributed by atoms with van der Waals surface area (Å²) in [6.07, 6.45) is 7.52. The number of fused-ring (bicyclic) bond motifs is 7. The van der Waals surface area contributed by atoms with Gasteiger partial charge < -0.3 is 25.8 Å². The first kappa shape index (κ1) is 33.8. The Bertz CT molecular complexity index is 1140. The zero-order valence-corrected chi connectivity index (χ0v) is 28.2. The number of piperidine rings is 2.